The number of carbonyl (C=O) groups excluding carboxylic acids is 1. The molecular weight excluding hydrogens is 274 g/mol. The Morgan fingerprint density at radius 1 is 1.24 bits per heavy atom. The fourth-order valence-electron chi connectivity index (χ4n) is 3.07. The van der Waals surface area contributed by atoms with Gasteiger partial charge in [0.25, 0.3) is 0 Å². The second-order valence-corrected chi connectivity index (χ2v) is 6.03. The zero-order chi connectivity index (χ0) is 15.5. The first-order valence-electron chi connectivity index (χ1n) is 7.36. The van der Waals surface area contributed by atoms with Crippen molar-refractivity contribution in [3.8, 4) is 0 Å². The third-order valence-corrected chi connectivity index (χ3v) is 4.40. The van der Waals surface area contributed by atoms with E-state index in [4.69, 9.17) is 4.74 Å². The summed E-state index contributed by atoms with van der Waals surface area (Å²) in [6, 6.07) is 0. The van der Waals surface area contributed by atoms with E-state index < -0.39 is 23.4 Å². The molecule has 2 aliphatic rings. The van der Waals surface area contributed by atoms with Gasteiger partial charge in [-0.15, -0.1) is 0 Å². The topological polar surface area (TPSA) is 87.1 Å². The van der Waals surface area contributed by atoms with Crippen LogP contribution in [0.1, 0.15) is 25.7 Å². The van der Waals surface area contributed by atoms with E-state index in [-0.39, 0.29) is 12.5 Å². The molecule has 2 rings (SSSR count). The summed E-state index contributed by atoms with van der Waals surface area (Å²) in [7, 11) is 1.63. The molecular formula is C15H23NO5. The van der Waals surface area contributed by atoms with Crippen LogP contribution in [0, 0.1) is 11.8 Å². The van der Waals surface area contributed by atoms with Gasteiger partial charge in [0.1, 0.15) is 0 Å². The smallest absolute Gasteiger partial charge is 0.307 e. The molecule has 21 heavy (non-hydrogen) atoms. The first-order valence-corrected chi connectivity index (χ1v) is 7.36. The second kappa shape index (κ2) is 6.58. The van der Waals surface area contributed by atoms with Crippen LogP contribution in [0.5, 0.6) is 0 Å². The van der Waals surface area contributed by atoms with Gasteiger partial charge in [-0.05, 0) is 12.8 Å². The Bertz CT molecular complexity index is 428. The highest BCUT2D eigenvalue weighted by Crippen LogP contribution is 2.29. The highest BCUT2D eigenvalue weighted by atomic mass is 16.5. The van der Waals surface area contributed by atoms with E-state index in [9.17, 15) is 19.8 Å². The highest BCUT2D eigenvalue weighted by Gasteiger charge is 2.38. The number of likely N-dealkylation sites (N-methyl/N-ethyl adjacent to an activating group) is 1. The molecule has 1 aliphatic carbocycles. The first-order chi connectivity index (χ1) is 9.93. The molecule has 2 atom stereocenters. The largest absolute Gasteiger partial charge is 0.481 e. The van der Waals surface area contributed by atoms with Crippen molar-refractivity contribution in [2.24, 2.45) is 11.8 Å². The van der Waals surface area contributed by atoms with Crippen LogP contribution in [-0.2, 0) is 14.3 Å². The molecule has 1 fully saturated rings. The summed E-state index contributed by atoms with van der Waals surface area (Å²) in [6.07, 6.45) is 5.50. The predicted octanol–water partition coefficient (Wildman–Crippen LogP) is 0.653. The molecule has 0 aromatic heterocycles. The van der Waals surface area contributed by atoms with Gasteiger partial charge in [0.15, 0.2) is 0 Å². The molecule has 0 saturated carbocycles. The van der Waals surface area contributed by atoms with Crippen molar-refractivity contribution in [1.82, 2.24) is 4.90 Å². The number of carboxylic acid groups (broad SMARTS) is 1. The van der Waals surface area contributed by atoms with Crippen molar-refractivity contribution in [2.75, 3.05) is 26.8 Å². The van der Waals surface area contributed by atoms with E-state index in [0.29, 0.717) is 38.9 Å². The molecule has 0 bridgehead atoms. The van der Waals surface area contributed by atoms with Gasteiger partial charge in [0.05, 0.1) is 17.4 Å². The normalized spacial score (nSPS) is 28.1. The number of hydrogen-bond acceptors (Lipinski definition) is 4. The van der Waals surface area contributed by atoms with Crippen LogP contribution in [0.15, 0.2) is 12.2 Å². The van der Waals surface area contributed by atoms with E-state index in [0.717, 1.165) is 0 Å². The average molecular weight is 297 g/mol. The lowest BCUT2D eigenvalue weighted by Crippen LogP contribution is -2.50. The van der Waals surface area contributed by atoms with Gasteiger partial charge in [0, 0.05) is 39.6 Å². The van der Waals surface area contributed by atoms with Crippen molar-refractivity contribution >= 4 is 11.9 Å². The molecule has 1 saturated heterocycles. The molecule has 6 heteroatoms. The molecule has 2 N–H and O–H groups in total. The van der Waals surface area contributed by atoms with Crippen molar-refractivity contribution in [1.29, 1.82) is 0 Å². The van der Waals surface area contributed by atoms with Crippen LogP contribution in [0.4, 0.5) is 0 Å². The average Bonchev–Trinajstić information content (AvgIpc) is 2.46. The predicted molar refractivity (Wildman–Crippen MR) is 75.6 cm³/mol. The van der Waals surface area contributed by atoms with Gasteiger partial charge in [-0.2, -0.15) is 0 Å². The number of carbonyl (C=O) groups is 2. The molecule has 1 heterocycles. The van der Waals surface area contributed by atoms with Crippen molar-refractivity contribution in [3.05, 3.63) is 12.2 Å². The summed E-state index contributed by atoms with van der Waals surface area (Å²) in [6.45, 7) is 1.20. The van der Waals surface area contributed by atoms with Crippen LogP contribution < -0.4 is 0 Å². The summed E-state index contributed by atoms with van der Waals surface area (Å²) < 4.78 is 5.22. The number of hydrogen-bond donors (Lipinski definition) is 2. The Morgan fingerprint density at radius 3 is 2.38 bits per heavy atom. The van der Waals surface area contributed by atoms with Gasteiger partial charge < -0.3 is 19.8 Å². The van der Waals surface area contributed by atoms with Crippen LogP contribution >= 0.6 is 0 Å². The Balaban J connectivity index is 2.00. The summed E-state index contributed by atoms with van der Waals surface area (Å²) in [5.74, 6) is -2.35. The molecule has 0 radical (unpaired) electrons. The van der Waals surface area contributed by atoms with Gasteiger partial charge in [-0.1, -0.05) is 12.2 Å². The third-order valence-electron chi connectivity index (χ3n) is 4.40. The SMILES string of the molecule is CN(CC1(O)CCOCC1)C(=O)C1CC=CCC1C(=O)O. The van der Waals surface area contributed by atoms with E-state index in [2.05, 4.69) is 0 Å². The quantitative estimate of drug-likeness (QED) is 0.744. The maximum Gasteiger partial charge on any atom is 0.307 e. The minimum Gasteiger partial charge on any atom is -0.481 e. The molecule has 0 aromatic rings. The zero-order valence-corrected chi connectivity index (χ0v) is 12.3. The number of aliphatic hydroxyl groups is 1. The number of rotatable bonds is 4. The minimum absolute atomic E-state index is 0.202. The number of ether oxygens (including phenoxy) is 1. The molecule has 6 nitrogen and oxygen atoms in total. The Morgan fingerprint density at radius 2 is 1.81 bits per heavy atom. The fourth-order valence-corrected chi connectivity index (χ4v) is 3.07. The molecule has 118 valence electrons. The molecule has 0 spiro atoms. The van der Waals surface area contributed by atoms with Crippen molar-refractivity contribution in [3.63, 3.8) is 0 Å². The Hall–Kier alpha value is -1.40. The van der Waals surface area contributed by atoms with Crippen molar-refractivity contribution < 1.29 is 24.5 Å². The molecule has 1 amide bonds. The monoisotopic (exact) mass is 297 g/mol. The summed E-state index contributed by atoms with van der Waals surface area (Å²) >= 11 is 0. The Kier molecular flexibility index (Phi) is 5.00. The second-order valence-electron chi connectivity index (χ2n) is 6.03. The summed E-state index contributed by atoms with van der Waals surface area (Å²) in [5.41, 5.74) is -0.925. The molecule has 2 unspecified atom stereocenters. The lowest BCUT2D eigenvalue weighted by atomic mass is 9.82. The zero-order valence-electron chi connectivity index (χ0n) is 12.3. The van der Waals surface area contributed by atoms with Crippen LogP contribution in [0.2, 0.25) is 0 Å². The number of nitrogens with zero attached hydrogens (tertiary/aromatic N) is 1. The lowest BCUT2D eigenvalue weighted by Gasteiger charge is -2.37. The van der Waals surface area contributed by atoms with Gasteiger partial charge in [-0.3, -0.25) is 9.59 Å². The van der Waals surface area contributed by atoms with Crippen LogP contribution in [0.25, 0.3) is 0 Å². The summed E-state index contributed by atoms with van der Waals surface area (Å²) in [5, 5.41) is 19.7. The highest BCUT2D eigenvalue weighted by molar-refractivity contribution is 5.85. The molecule has 0 aromatic carbocycles. The molecule has 1 aliphatic heterocycles. The van der Waals surface area contributed by atoms with Gasteiger partial charge in [-0.25, -0.2) is 0 Å². The van der Waals surface area contributed by atoms with E-state index in [1.165, 1.54) is 4.90 Å². The number of amides is 1. The Labute approximate surface area is 124 Å². The van der Waals surface area contributed by atoms with E-state index >= 15 is 0 Å². The van der Waals surface area contributed by atoms with Crippen LogP contribution in [-0.4, -0.2) is 59.4 Å². The van der Waals surface area contributed by atoms with Gasteiger partial charge >= 0.3 is 5.97 Å². The standard InChI is InChI=1S/C15H23NO5/c1-16(10-15(20)6-8-21-9-7-15)13(17)11-4-2-3-5-12(11)14(18)19/h2-3,11-12,20H,4-10H2,1H3,(H,18,19). The third kappa shape index (κ3) is 3.83. The summed E-state index contributed by atoms with van der Waals surface area (Å²) in [4.78, 5) is 25.3. The lowest BCUT2D eigenvalue weighted by molar-refractivity contribution is -0.152. The minimum atomic E-state index is -0.934. The van der Waals surface area contributed by atoms with E-state index in [1.54, 1.807) is 7.05 Å². The first kappa shape index (κ1) is 16.0. The fraction of sp³-hybridized carbons (Fsp3) is 0.733. The number of allylic oxidation sites excluding steroid dienone is 2. The van der Waals surface area contributed by atoms with Crippen molar-refractivity contribution in [2.45, 2.75) is 31.3 Å². The van der Waals surface area contributed by atoms with Crippen LogP contribution in [0.3, 0.4) is 0 Å². The van der Waals surface area contributed by atoms with Gasteiger partial charge in [0.2, 0.25) is 5.91 Å². The van der Waals surface area contributed by atoms with E-state index in [1.807, 2.05) is 12.2 Å². The number of aliphatic carboxylic acids is 1. The number of carboxylic acids is 1. The maximum atomic E-state index is 12.5. The maximum absolute atomic E-state index is 12.5.